The molecule has 0 spiro atoms. The molecule has 1 fully saturated rings. The number of amides is 4. The Balaban J connectivity index is 1.60. The van der Waals surface area contributed by atoms with Crippen molar-refractivity contribution in [2.24, 2.45) is 0 Å². The van der Waals surface area contributed by atoms with Gasteiger partial charge in [-0.3, -0.25) is 9.59 Å². The number of furan rings is 1. The van der Waals surface area contributed by atoms with Crippen LogP contribution in [0.3, 0.4) is 0 Å². The van der Waals surface area contributed by atoms with Crippen LogP contribution >= 0.6 is 0 Å². The Morgan fingerprint density at radius 1 is 1.21 bits per heavy atom. The molecular formula is C20H24N4O4. The van der Waals surface area contributed by atoms with E-state index in [1.165, 1.54) is 6.26 Å². The first-order chi connectivity index (χ1) is 13.5. The van der Waals surface area contributed by atoms with Gasteiger partial charge in [0.15, 0.2) is 5.76 Å². The minimum atomic E-state index is -0.366. The van der Waals surface area contributed by atoms with E-state index in [1.807, 2.05) is 6.92 Å². The SMILES string of the molecule is CNC(=O)c1ccc(C)c(NC(=O)N[C@H]2CCCN(C(=O)c3ccco3)C2)c1. The summed E-state index contributed by atoms with van der Waals surface area (Å²) in [6.07, 6.45) is 3.05. The predicted octanol–water partition coefficient (Wildman–Crippen LogP) is 2.37. The van der Waals surface area contributed by atoms with Gasteiger partial charge in [0.25, 0.3) is 11.8 Å². The Morgan fingerprint density at radius 3 is 2.75 bits per heavy atom. The molecule has 1 aliphatic rings. The molecule has 2 aromatic rings. The van der Waals surface area contributed by atoms with Crippen molar-refractivity contribution in [2.75, 3.05) is 25.5 Å². The zero-order valence-corrected chi connectivity index (χ0v) is 16.0. The number of nitrogens with zero attached hydrogens (tertiary/aromatic N) is 1. The normalized spacial score (nSPS) is 16.4. The minimum absolute atomic E-state index is 0.157. The van der Waals surface area contributed by atoms with Crippen LogP contribution in [0.2, 0.25) is 0 Å². The monoisotopic (exact) mass is 384 g/mol. The summed E-state index contributed by atoms with van der Waals surface area (Å²) in [6, 6.07) is 7.91. The molecule has 1 aliphatic heterocycles. The number of likely N-dealkylation sites (tertiary alicyclic amines) is 1. The molecule has 0 aliphatic carbocycles. The Morgan fingerprint density at radius 2 is 2.04 bits per heavy atom. The second-order valence-corrected chi connectivity index (χ2v) is 6.77. The third kappa shape index (κ3) is 4.51. The fourth-order valence-electron chi connectivity index (χ4n) is 3.22. The summed E-state index contributed by atoms with van der Waals surface area (Å²) >= 11 is 0. The largest absolute Gasteiger partial charge is 0.459 e. The van der Waals surface area contributed by atoms with Crippen molar-refractivity contribution in [3.05, 3.63) is 53.5 Å². The standard InChI is InChI=1S/C20H24N4O4/c1-13-7-8-14(18(25)21-2)11-16(13)23-20(27)22-15-5-3-9-24(12-15)19(26)17-6-4-10-28-17/h4,6-8,10-11,15H,3,5,9,12H2,1-2H3,(H,21,25)(H2,22,23,27)/t15-/m0/s1. The average Bonchev–Trinajstić information content (AvgIpc) is 3.23. The molecule has 0 saturated carbocycles. The lowest BCUT2D eigenvalue weighted by Gasteiger charge is -2.32. The highest BCUT2D eigenvalue weighted by Gasteiger charge is 2.26. The fraction of sp³-hybridized carbons (Fsp3) is 0.350. The lowest BCUT2D eigenvalue weighted by molar-refractivity contribution is 0.0666. The van der Waals surface area contributed by atoms with E-state index in [0.717, 1.165) is 18.4 Å². The number of hydrogen-bond acceptors (Lipinski definition) is 4. The van der Waals surface area contributed by atoms with E-state index in [2.05, 4.69) is 16.0 Å². The second kappa shape index (κ2) is 8.60. The van der Waals surface area contributed by atoms with Gasteiger partial charge in [0, 0.05) is 37.4 Å². The topological polar surface area (TPSA) is 104 Å². The van der Waals surface area contributed by atoms with Gasteiger partial charge in [0.1, 0.15) is 0 Å². The third-order valence-corrected chi connectivity index (χ3v) is 4.75. The van der Waals surface area contributed by atoms with Gasteiger partial charge < -0.3 is 25.3 Å². The van der Waals surface area contributed by atoms with Gasteiger partial charge in [-0.15, -0.1) is 0 Å². The van der Waals surface area contributed by atoms with Gasteiger partial charge in [-0.25, -0.2) is 4.79 Å². The van der Waals surface area contributed by atoms with E-state index >= 15 is 0 Å². The van der Waals surface area contributed by atoms with Gasteiger partial charge in [-0.1, -0.05) is 6.07 Å². The van der Waals surface area contributed by atoms with Crippen molar-refractivity contribution in [1.82, 2.24) is 15.5 Å². The number of rotatable bonds is 4. The smallest absolute Gasteiger partial charge is 0.319 e. The molecule has 0 bridgehead atoms. The Labute approximate surface area is 163 Å². The molecule has 3 rings (SSSR count). The molecule has 0 radical (unpaired) electrons. The van der Waals surface area contributed by atoms with Crippen LogP contribution < -0.4 is 16.0 Å². The predicted molar refractivity (Wildman–Crippen MR) is 104 cm³/mol. The quantitative estimate of drug-likeness (QED) is 0.753. The lowest BCUT2D eigenvalue weighted by atomic mass is 10.1. The molecule has 2 heterocycles. The first-order valence-electron chi connectivity index (χ1n) is 9.21. The molecular weight excluding hydrogens is 360 g/mol. The number of piperidine rings is 1. The summed E-state index contributed by atoms with van der Waals surface area (Å²) in [5, 5.41) is 8.27. The minimum Gasteiger partial charge on any atom is -0.459 e. The van der Waals surface area contributed by atoms with Gasteiger partial charge in [0.05, 0.1) is 6.26 Å². The van der Waals surface area contributed by atoms with E-state index in [-0.39, 0.29) is 23.9 Å². The molecule has 28 heavy (non-hydrogen) atoms. The van der Waals surface area contributed by atoms with Crippen LogP contribution in [0.4, 0.5) is 10.5 Å². The van der Waals surface area contributed by atoms with E-state index in [4.69, 9.17) is 4.42 Å². The molecule has 4 amide bonds. The second-order valence-electron chi connectivity index (χ2n) is 6.77. The van der Waals surface area contributed by atoms with Crippen LogP contribution in [-0.2, 0) is 0 Å². The van der Waals surface area contributed by atoms with Crippen molar-refractivity contribution in [3.63, 3.8) is 0 Å². The summed E-state index contributed by atoms with van der Waals surface area (Å²) in [7, 11) is 1.56. The summed E-state index contributed by atoms with van der Waals surface area (Å²) in [5.74, 6) is -0.0967. The third-order valence-electron chi connectivity index (χ3n) is 4.75. The molecule has 148 valence electrons. The number of anilines is 1. The highest BCUT2D eigenvalue weighted by atomic mass is 16.3. The zero-order chi connectivity index (χ0) is 20.1. The maximum absolute atomic E-state index is 12.4. The molecule has 3 N–H and O–H groups in total. The number of carbonyl (C=O) groups excluding carboxylic acids is 3. The van der Waals surface area contributed by atoms with E-state index < -0.39 is 0 Å². The van der Waals surface area contributed by atoms with Gasteiger partial charge >= 0.3 is 6.03 Å². The van der Waals surface area contributed by atoms with E-state index in [9.17, 15) is 14.4 Å². The van der Waals surface area contributed by atoms with Crippen molar-refractivity contribution in [3.8, 4) is 0 Å². The van der Waals surface area contributed by atoms with Crippen LogP contribution in [0.5, 0.6) is 0 Å². The van der Waals surface area contributed by atoms with E-state index in [0.29, 0.717) is 30.1 Å². The lowest BCUT2D eigenvalue weighted by Crippen LogP contribution is -2.50. The first kappa shape index (κ1) is 19.5. The summed E-state index contributed by atoms with van der Waals surface area (Å²) < 4.78 is 5.17. The van der Waals surface area contributed by atoms with Crippen molar-refractivity contribution in [2.45, 2.75) is 25.8 Å². The fourth-order valence-corrected chi connectivity index (χ4v) is 3.22. The molecule has 0 unspecified atom stereocenters. The molecule has 8 heteroatoms. The molecule has 1 saturated heterocycles. The Kier molecular flexibility index (Phi) is 5.98. The highest BCUT2D eigenvalue weighted by molar-refractivity contribution is 5.97. The number of hydrogen-bond donors (Lipinski definition) is 3. The molecule has 1 aromatic heterocycles. The highest BCUT2D eigenvalue weighted by Crippen LogP contribution is 2.18. The summed E-state index contributed by atoms with van der Waals surface area (Å²) in [4.78, 5) is 38.3. The van der Waals surface area contributed by atoms with Crippen molar-refractivity contribution >= 4 is 23.5 Å². The van der Waals surface area contributed by atoms with Crippen LogP contribution in [-0.4, -0.2) is 48.9 Å². The van der Waals surface area contributed by atoms with Gasteiger partial charge in [-0.05, 0) is 49.6 Å². The van der Waals surface area contributed by atoms with Crippen LogP contribution in [0.1, 0.15) is 39.3 Å². The number of benzene rings is 1. The van der Waals surface area contributed by atoms with Gasteiger partial charge in [-0.2, -0.15) is 0 Å². The van der Waals surface area contributed by atoms with Gasteiger partial charge in [0.2, 0.25) is 0 Å². The maximum atomic E-state index is 12.4. The molecule has 1 aromatic carbocycles. The number of carbonyl (C=O) groups is 3. The van der Waals surface area contributed by atoms with Crippen LogP contribution in [0, 0.1) is 6.92 Å². The number of aryl methyl sites for hydroxylation is 1. The van der Waals surface area contributed by atoms with Crippen LogP contribution in [0.15, 0.2) is 41.0 Å². The molecule has 8 nitrogen and oxygen atoms in total. The summed E-state index contributed by atoms with van der Waals surface area (Å²) in [5.41, 5.74) is 1.88. The summed E-state index contributed by atoms with van der Waals surface area (Å²) in [6.45, 7) is 2.91. The zero-order valence-electron chi connectivity index (χ0n) is 16.0. The Bertz CT molecular complexity index is 863. The Hall–Kier alpha value is -3.29. The van der Waals surface area contributed by atoms with Crippen molar-refractivity contribution < 1.29 is 18.8 Å². The van der Waals surface area contributed by atoms with Crippen molar-refractivity contribution in [1.29, 1.82) is 0 Å². The molecule has 1 atom stereocenters. The number of urea groups is 1. The maximum Gasteiger partial charge on any atom is 0.319 e. The number of nitrogens with one attached hydrogen (secondary N) is 3. The van der Waals surface area contributed by atoms with Crippen LogP contribution in [0.25, 0.3) is 0 Å². The van der Waals surface area contributed by atoms with E-state index in [1.54, 1.807) is 42.3 Å². The first-order valence-corrected chi connectivity index (χ1v) is 9.21. The average molecular weight is 384 g/mol.